The number of benzene rings is 1. The fraction of sp³-hybridized carbons (Fsp3) is 0.364. The number of hydrogen-bond donors (Lipinski definition) is 0. The number of nitriles is 1. The highest BCUT2D eigenvalue weighted by Crippen LogP contribution is 2.11. The minimum atomic E-state index is -3.05. The third kappa shape index (κ3) is 3.07. The fourth-order valence-corrected chi connectivity index (χ4v) is 2.06. The lowest BCUT2D eigenvalue weighted by Crippen LogP contribution is -2.15. The third-order valence-electron chi connectivity index (χ3n) is 2.17. The molecule has 4 heteroatoms. The van der Waals surface area contributed by atoms with Gasteiger partial charge >= 0.3 is 0 Å². The molecular formula is C11H13NO2S. The molecule has 0 aromatic heterocycles. The van der Waals surface area contributed by atoms with E-state index in [2.05, 4.69) is 0 Å². The Balaban J connectivity index is 2.88. The first kappa shape index (κ1) is 11.7. The zero-order chi connectivity index (χ0) is 11.5. The predicted molar refractivity (Wildman–Crippen MR) is 58.9 cm³/mol. The van der Waals surface area contributed by atoms with Gasteiger partial charge in [0.05, 0.1) is 22.6 Å². The molecule has 80 valence electrons. The summed E-state index contributed by atoms with van der Waals surface area (Å²) in [5.74, 6) is 0.0381. The van der Waals surface area contributed by atoms with Crippen LogP contribution < -0.4 is 0 Å². The molecule has 0 saturated carbocycles. The largest absolute Gasteiger partial charge is 0.228 e. The van der Waals surface area contributed by atoms with E-state index in [1.54, 1.807) is 38.1 Å². The van der Waals surface area contributed by atoms with E-state index in [-0.39, 0.29) is 11.0 Å². The van der Waals surface area contributed by atoms with E-state index < -0.39 is 9.84 Å². The number of nitrogens with zero attached hydrogens (tertiary/aromatic N) is 1. The van der Waals surface area contributed by atoms with Crippen LogP contribution >= 0.6 is 0 Å². The summed E-state index contributed by atoms with van der Waals surface area (Å²) in [6.45, 7) is 3.33. The number of sulfone groups is 1. The highest BCUT2D eigenvalue weighted by atomic mass is 32.2. The molecule has 0 spiro atoms. The lowest BCUT2D eigenvalue weighted by Gasteiger charge is -2.07. The highest BCUT2D eigenvalue weighted by Gasteiger charge is 2.16. The van der Waals surface area contributed by atoms with Gasteiger partial charge < -0.3 is 0 Å². The maximum Gasteiger partial charge on any atom is 0.156 e. The second-order valence-corrected chi connectivity index (χ2v) is 6.22. The molecule has 3 nitrogen and oxygen atoms in total. The molecule has 0 aliphatic carbocycles. The van der Waals surface area contributed by atoms with Gasteiger partial charge in [-0.25, -0.2) is 8.42 Å². The Labute approximate surface area is 90.3 Å². The molecule has 0 atom stereocenters. The van der Waals surface area contributed by atoms with Crippen molar-refractivity contribution >= 4 is 9.84 Å². The average Bonchev–Trinajstić information content (AvgIpc) is 2.18. The lowest BCUT2D eigenvalue weighted by atomic mass is 10.2. The Morgan fingerprint density at radius 3 is 2.20 bits per heavy atom. The fourth-order valence-electron chi connectivity index (χ4n) is 1.07. The van der Waals surface area contributed by atoms with Crippen molar-refractivity contribution in [1.29, 1.82) is 5.26 Å². The molecule has 0 unspecified atom stereocenters. The standard InChI is InChI=1S/C11H13NO2S/c1-9(2)15(13,14)8-11-5-3-10(7-12)4-6-11/h3-6,9H,8H2,1-2H3. The Morgan fingerprint density at radius 1 is 1.27 bits per heavy atom. The molecule has 0 aliphatic rings. The Kier molecular flexibility index (Phi) is 3.48. The molecule has 15 heavy (non-hydrogen) atoms. The van der Waals surface area contributed by atoms with Crippen molar-refractivity contribution in [3.05, 3.63) is 35.4 Å². The Bertz CT molecular complexity index is 466. The van der Waals surface area contributed by atoms with Gasteiger partial charge in [-0.2, -0.15) is 5.26 Å². The molecule has 0 bridgehead atoms. The van der Waals surface area contributed by atoms with Gasteiger partial charge in [0.2, 0.25) is 0 Å². The average molecular weight is 223 g/mol. The minimum Gasteiger partial charge on any atom is -0.228 e. The zero-order valence-electron chi connectivity index (χ0n) is 8.77. The highest BCUT2D eigenvalue weighted by molar-refractivity contribution is 7.91. The zero-order valence-corrected chi connectivity index (χ0v) is 9.58. The van der Waals surface area contributed by atoms with Gasteiger partial charge in [-0.3, -0.25) is 0 Å². The molecule has 1 aromatic rings. The Hall–Kier alpha value is -1.34. The van der Waals surface area contributed by atoms with Crippen molar-refractivity contribution in [1.82, 2.24) is 0 Å². The number of hydrogen-bond acceptors (Lipinski definition) is 3. The van der Waals surface area contributed by atoms with E-state index in [1.165, 1.54) is 0 Å². The lowest BCUT2D eigenvalue weighted by molar-refractivity contribution is 0.586. The SMILES string of the molecule is CC(C)S(=O)(=O)Cc1ccc(C#N)cc1. The van der Waals surface area contributed by atoms with Crippen LogP contribution in [0.25, 0.3) is 0 Å². The summed E-state index contributed by atoms with van der Waals surface area (Å²) in [5.41, 5.74) is 1.27. The number of rotatable bonds is 3. The summed E-state index contributed by atoms with van der Waals surface area (Å²) in [6, 6.07) is 8.61. The van der Waals surface area contributed by atoms with Gasteiger partial charge in [-0.15, -0.1) is 0 Å². The van der Waals surface area contributed by atoms with Crippen LogP contribution in [0, 0.1) is 11.3 Å². The van der Waals surface area contributed by atoms with Crippen molar-refractivity contribution in [2.24, 2.45) is 0 Å². The van der Waals surface area contributed by atoms with Crippen LogP contribution in [0.3, 0.4) is 0 Å². The van der Waals surface area contributed by atoms with Gasteiger partial charge in [-0.1, -0.05) is 12.1 Å². The molecule has 1 rings (SSSR count). The van der Waals surface area contributed by atoms with E-state index in [0.717, 1.165) is 5.56 Å². The molecule has 0 aliphatic heterocycles. The van der Waals surface area contributed by atoms with Gasteiger partial charge in [0, 0.05) is 0 Å². The molecule has 0 radical (unpaired) electrons. The van der Waals surface area contributed by atoms with E-state index in [9.17, 15) is 8.42 Å². The third-order valence-corrected chi connectivity index (χ3v) is 4.34. The molecule has 0 amide bonds. The van der Waals surface area contributed by atoms with Gasteiger partial charge in [0.15, 0.2) is 9.84 Å². The van der Waals surface area contributed by atoms with Crippen molar-refractivity contribution in [2.75, 3.05) is 0 Å². The van der Waals surface area contributed by atoms with Crippen molar-refractivity contribution in [2.45, 2.75) is 24.9 Å². The molecule has 0 N–H and O–H groups in total. The quantitative estimate of drug-likeness (QED) is 0.786. The predicted octanol–water partition coefficient (Wildman–Crippen LogP) is 1.88. The van der Waals surface area contributed by atoms with Crippen LogP contribution in [0.1, 0.15) is 25.0 Å². The van der Waals surface area contributed by atoms with E-state index in [0.29, 0.717) is 5.56 Å². The van der Waals surface area contributed by atoms with E-state index in [1.807, 2.05) is 6.07 Å². The van der Waals surface area contributed by atoms with E-state index >= 15 is 0 Å². The van der Waals surface area contributed by atoms with Crippen LogP contribution in [0.5, 0.6) is 0 Å². The van der Waals surface area contributed by atoms with Crippen LogP contribution in [-0.2, 0) is 15.6 Å². The normalized spacial score (nSPS) is 11.3. The topological polar surface area (TPSA) is 57.9 Å². The van der Waals surface area contributed by atoms with Crippen molar-refractivity contribution in [3.63, 3.8) is 0 Å². The van der Waals surface area contributed by atoms with Gasteiger partial charge in [-0.05, 0) is 31.5 Å². The summed E-state index contributed by atoms with van der Waals surface area (Å²) < 4.78 is 23.2. The van der Waals surface area contributed by atoms with Crippen LogP contribution in [0.15, 0.2) is 24.3 Å². The van der Waals surface area contributed by atoms with Crippen LogP contribution in [-0.4, -0.2) is 13.7 Å². The first-order valence-corrected chi connectivity index (χ1v) is 6.38. The molecule has 0 fully saturated rings. The summed E-state index contributed by atoms with van der Waals surface area (Å²) in [5, 5.41) is 8.21. The van der Waals surface area contributed by atoms with Crippen LogP contribution in [0.2, 0.25) is 0 Å². The molecule has 0 heterocycles. The smallest absolute Gasteiger partial charge is 0.156 e. The maximum absolute atomic E-state index is 11.6. The first-order valence-electron chi connectivity index (χ1n) is 4.66. The summed E-state index contributed by atoms with van der Waals surface area (Å²) in [7, 11) is -3.05. The van der Waals surface area contributed by atoms with Crippen molar-refractivity contribution in [3.8, 4) is 6.07 Å². The molecular weight excluding hydrogens is 210 g/mol. The van der Waals surface area contributed by atoms with Gasteiger partial charge in [0.1, 0.15) is 0 Å². The summed E-state index contributed by atoms with van der Waals surface area (Å²) in [4.78, 5) is 0. The maximum atomic E-state index is 11.6. The summed E-state index contributed by atoms with van der Waals surface area (Å²) >= 11 is 0. The van der Waals surface area contributed by atoms with Gasteiger partial charge in [0.25, 0.3) is 0 Å². The Morgan fingerprint density at radius 2 is 1.80 bits per heavy atom. The second kappa shape index (κ2) is 4.45. The molecule has 0 saturated heterocycles. The van der Waals surface area contributed by atoms with E-state index in [4.69, 9.17) is 5.26 Å². The summed E-state index contributed by atoms with van der Waals surface area (Å²) in [6.07, 6.45) is 0. The van der Waals surface area contributed by atoms with Crippen LogP contribution in [0.4, 0.5) is 0 Å². The van der Waals surface area contributed by atoms with Crippen molar-refractivity contribution < 1.29 is 8.42 Å². The second-order valence-electron chi connectivity index (χ2n) is 3.66. The molecule has 1 aromatic carbocycles. The minimum absolute atomic E-state index is 0.0381. The monoisotopic (exact) mass is 223 g/mol. The first-order chi connectivity index (χ1) is 6.95.